The van der Waals surface area contributed by atoms with Crippen molar-refractivity contribution in [1.29, 1.82) is 0 Å². The van der Waals surface area contributed by atoms with Crippen molar-refractivity contribution in [2.75, 3.05) is 32.4 Å². The number of hydrogen-bond donors (Lipinski definition) is 0. The summed E-state index contributed by atoms with van der Waals surface area (Å²) in [7, 11) is 0. The minimum atomic E-state index is -4.81. The summed E-state index contributed by atoms with van der Waals surface area (Å²) in [6.45, 7) is 2.32. The van der Waals surface area contributed by atoms with Crippen molar-refractivity contribution in [3.8, 4) is 5.75 Å². The van der Waals surface area contributed by atoms with Crippen LogP contribution in [-0.4, -0.2) is 65.4 Å². The molecule has 1 spiro atoms. The molecule has 2 fully saturated rings. The van der Waals surface area contributed by atoms with Crippen LogP contribution in [0.2, 0.25) is 0 Å². The molecule has 2 aliphatic rings. The third-order valence-corrected chi connectivity index (χ3v) is 7.35. The molecule has 2 aliphatic heterocycles. The monoisotopic (exact) mass is 493 g/mol. The summed E-state index contributed by atoms with van der Waals surface area (Å²) in [5.41, 5.74) is 0.757. The number of rotatable bonds is 5. The Morgan fingerprint density at radius 3 is 2.41 bits per heavy atom. The molecule has 0 saturated carbocycles. The summed E-state index contributed by atoms with van der Waals surface area (Å²) in [6.07, 6.45) is 0.995. The normalized spacial score (nSPS) is 17.8. The SMILES string of the molecule is CSc1ncccc1C(=O)N1CCC2(CCN(C(=O)Cc3ccccc3OC(F)(F)F)C2)CC1. The number of piperidine rings is 1. The van der Waals surface area contributed by atoms with Gasteiger partial charge in [0, 0.05) is 37.9 Å². The lowest BCUT2D eigenvalue weighted by Crippen LogP contribution is -2.45. The summed E-state index contributed by atoms with van der Waals surface area (Å²) >= 11 is 1.44. The van der Waals surface area contributed by atoms with Gasteiger partial charge in [0.15, 0.2) is 0 Å². The number of halogens is 3. The molecule has 10 heteroatoms. The van der Waals surface area contributed by atoms with E-state index in [0.717, 1.165) is 19.3 Å². The molecular weight excluding hydrogens is 467 g/mol. The van der Waals surface area contributed by atoms with Crippen LogP contribution in [0.25, 0.3) is 0 Å². The van der Waals surface area contributed by atoms with E-state index in [9.17, 15) is 22.8 Å². The highest BCUT2D eigenvalue weighted by atomic mass is 32.2. The van der Waals surface area contributed by atoms with Crippen LogP contribution >= 0.6 is 11.8 Å². The van der Waals surface area contributed by atoms with Gasteiger partial charge in [-0.05, 0) is 49.1 Å². The fourth-order valence-electron chi connectivity index (χ4n) is 4.78. The number of pyridine rings is 1. The van der Waals surface area contributed by atoms with Gasteiger partial charge in [-0.3, -0.25) is 9.59 Å². The number of para-hydroxylation sites is 1. The van der Waals surface area contributed by atoms with E-state index in [1.54, 1.807) is 29.3 Å². The van der Waals surface area contributed by atoms with Crippen LogP contribution in [0.3, 0.4) is 0 Å². The largest absolute Gasteiger partial charge is 0.573 e. The van der Waals surface area contributed by atoms with Gasteiger partial charge < -0.3 is 14.5 Å². The number of carbonyl (C=O) groups excluding carboxylic acids is 2. The van der Waals surface area contributed by atoms with E-state index >= 15 is 0 Å². The Labute approximate surface area is 200 Å². The van der Waals surface area contributed by atoms with Gasteiger partial charge >= 0.3 is 6.36 Å². The number of hydrogen-bond acceptors (Lipinski definition) is 5. The van der Waals surface area contributed by atoms with Gasteiger partial charge in [-0.25, -0.2) is 4.98 Å². The number of ether oxygens (including phenoxy) is 1. The molecule has 0 bridgehead atoms. The van der Waals surface area contributed by atoms with Gasteiger partial charge in [0.05, 0.1) is 12.0 Å². The first-order chi connectivity index (χ1) is 16.2. The first kappa shape index (κ1) is 24.4. The summed E-state index contributed by atoms with van der Waals surface area (Å²) in [5, 5.41) is 0.709. The molecule has 182 valence electrons. The second-order valence-electron chi connectivity index (χ2n) is 8.75. The molecule has 0 aliphatic carbocycles. The third kappa shape index (κ3) is 5.48. The van der Waals surface area contributed by atoms with Crippen molar-refractivity contribution in [3.63, 3.8) is 0 Å². The molecule has 3 heterocycles. The maximum atomic E-state index is 13.0. The smallest absolute Gasteiger partial charge is 0.405 e. The molecule has 4 rings (SSSR count). The zero-order valence-corrected chi connectivity index (χ0v) is 19.6. The van der Waals surface area contributed by atoms with Gasteiger partial charge in [0.25, 0.3) is 5.91 Å². The molecule has 2 amide bonds. The molecule has 0 atom stereocenters. The molecule has 0 radical (unpaired) electrons. The summed E-state index contributed by atoms with van der Waals surface area (Å²) < 4.78 is 42.1. The Morgan fingerprint density at radius 1 is 1.06 bits per heavy atom. The minimum Gasteiger partial charge on any atom is -0.405 e. The number of carbonyl (C=O) groups is 2. The predicted octanol–water partition coefficient (Wildman–Crippen LogP) is 4.40. The first-order valence-electron chi connectivity index (χ1n) is 11.1. The highest BCUT2D eigenvalue weighted by Gasteiger charge is 2.43. The van der Waals surface area contributed by atoms with Crippen molar-refractivity contribution < 1.29 is 27.5 Å². The molecule has 34 heavy (non-hydrogen) atoms. The summed E-state index contributed by atoms with van der Waals surface area (Å²) in [4.78, 5) is 33.8. The fraction of sp³-hybridized carbons (Fsp3) is 0.458. The first-order valence-corrected chi connectivity index (χ1v) is 12.3. The van der Waals surface area contributed by atoms with Crippen LogP contribution in [0.1, 0.15) is 35.2 Å². The molecule has 0 unspecified atom stereocenters. The number of nitrogens with zero attached hydrogens (tertiary/aromatic N) is 3. The average molecular weight is 494 g/mol. The maximum absolute atomic E-state index is 13.0. The number of aromatic nitrogens is 1. The maximum Gasteiger partial charge on any atom is 0.573 e. The standard InChI is InChI=1S/C24H26F3N3O3S/c1-34-21-18(6-4-11-28-21)22(32)29-12-8-23(9-13-29)10-14-30(16-23)20(31)15-17-5-2-3-7-19(17)33-24(25,26)27/h2-7,11H,8-10,12-16H2,1H3. The van der Waals surface area contributed by atoms with Crippen molar-refractivity contribution in [2.24, 2.45) is 5.41 Å². The van der Waals surface area contributed by atoms with Crippen LogP contribution in [0.15, 0.2) is 47.6 Å². The highest BCUT2D eigenvalue weighted by molar-refractivity contribution is 7.98. The van der Waals surface area contributed by atoms with Gasteiger partial charge in [0.1, 0.15) is 10.8 Å². The molecule has 1 aromatic carbocycles. The van der Waals surface area contributed by atoms with E-state index in [0.29, 0.717) is 36.8 Å². The van der Waals surface area contributed by atoms with Crippen LogP contribution in [0.5, 0.6) is 5.75 Å². The third-order valence-electron chi connectivity index (χ3n) is 6.64. The minimum absolute atomic E-state index is 0.0282. The van der Waals surface area contributed by atoms with E-state index in [4.69, 9.17) is 0 Å². The molecule has 2 aromatic rings. The number of benzene rings is 1. The van der Waals surface area contributed by atoms with Gasteiger partial charge in [-0.1, -0.05) is 18.2 Å². The van der Waals surface area contributed by atoms with Crippen molar-refractivity contribution in [1.82, 2.24) is 14.8 Å². The van der Waals surface area contributed by atoms with Crippen molar-refractivity contribution in [2.45, 2.75) is 37.1 Å². The molecule has 2 saturated heterocycles. The Bertz CT molecular complexity index is 1050. The Kier molecular flexibility index (Phi) is 7.06. The van der Waals surface area contributed by atoms with Crippen LogP contribution in [0, 0.1) is 5.41 Å². The van der Waals surface area contributed by atoms with Crippen molar-refractivity contribution >= 4 is 23.6 Å². The Hall–Kier alpha value is -2.75. The number of thioether (sulfide) groups is 1. The number of amides is 2. The Morgan fingerprint density at radius 2 is 1.74 bits per heavy atom. The topological polar surface area (TPSA) is 62.7 Å². The van der Waals surface area contributed by atoms with E-state index in [1.165, 1.54) is 30.0 Å². The van der Waals surface area contributed by atoms with Crippen molar-refractivity contribution in [3.05, 3.63) is 53.7 Å². The average Bonchev–Trinajstić information content (AvgIpc) is 3.23. The predicted molar refractivity (Wildman–Crippen MR) is 122 cm³/mol. The molecule has 0 N–H and O–H groups in total. The lowest BCUT2D eigenvalue weighted by atomic mass is 9.77. The zero-order chi connectivity index (χ0) is 24.3. The van der Waals surface area contributed by atoms with E-state index < -0.39 is 6.36 Å². The lowest BCUT2D eigenvalue weighted by Gasteiger charge is -2.39. The fourth-order valence-corrected chi connectivity index (χ4v) is 5.32. The van der Waals surface area contributed by atoms with Crippen LogP contribution < -0.4 is 4.74 Å². The van der Waals surface area contributed by atoms with E-state index in [2.05, 4.69) is 9.72 Å². The van der Waals surface area contributed by atoms with E-state index in [-0.39, 0.29) is 35.0 Å². The second kappa shape index (κ2) is 9.85. The second-order valence-corrected chi connectivity index (χ2v) is 9.54. The summed E-state index contributed by atoms with van der Waals surface area (Å²) in [5.74, 6) is -0.586. The highest BCUT2D eigenvalue weighted by Crippen LogP contribution is 2.41. The molecule has 1 aromatic heterocycles. The van der Waals surface area contributed by atoms with E-state index in [1.807, 2.05) is 11.2 Å². The number of alkyl halides is 3. The summed E-state index contributed by atoms with van der Waals surface area (Å²) in [6, 6.07) is 9.30. The number of likely N-dealkylation sites (tertiary alicyclic amines) is 2. The van der Waals surface area contributed by atoms with Crippen LogP contribution in [0.4, 0.5) is 13.2 Å². The quantitative estimate of drug-likeness (QED) is 0.578. The molecule has 6 nitrogen and oxygen atoms in total. The lowest BCUT2D eigenvalue weighted by molar-refractivity contribution is -0.274. The zero-order valence-electron chi connectivity index (χ0n) is 18.8. The Balaban J connectivity index is 1.35. The van der Waals surface area contributed by atoms with Gasteiger partial charge in [0.2, 0.25) is 5.91 Å². The van der Waals surface area contributed by atoms with Crippen LogP contribution in [-0.2, 0) is 11.2 Å². The van der Waals surface area contributed by atoms with Gasteiger partial charge in [-0.2, -0.15) is 0 Å². The molecular formula is C24H26F3N3O3S. The van der Waals surface area contributed by atoms with Gasteiger partial charge in [-0.15, -0.1) is 24.9 Å².